The first kappa shape index (κ1) is 12.2. The van der Waals surface area contributed by atoms with Gasteiger partial charge in [-0.2, -0.15) is 0 Å². The Labute approximate surface area is 79.1 Å². The molecule has 0 bridgehead atoms. The van der Waals surface area contributed by atoms with Crippen LogP contribution in [0.1, 0.15) is 32.6 Å². The van der Waals surface area contributed by atoms with Crippen LogP contribution in [-0.4, -0.2) is 22.0 Å². The number of unbranched alkanes of at least 4 members (excludes halogenated alkanes) is 2. The predicted molar refractivity (Wildman–Crippen MR) is 58.6 cm³/mol. The van der Waals surface area contributed by atoms with E-state index in [0.29, 0.717) is 0 Å². The van der Waals surface area contributed by atoms with Crippen LogP contribution in [0.4, 0.5) is 0 Å². The molecule has 0 unspecified atom stereocenters. The molecule has 12 heavy (non-hydrogen) atoms. The largest absolute Gasteiger partial charge is 0.381 e. The molecule has 2 heteroatoms. The van der Waals surface area contributed by atoms with E-state index in [1.165, 1.54) is 31.7 Å². The fraction of sp³-hybridized carbons (Fsp3) is 1.00. The maximum atomic E-state index is 5.51. The maximum absolute atomic E-state index is 5.51. The van der Waals surface area contributed by atoms with Gasteiger partial charge >= 0.3 is 0 Å². The molecule has 0 heterocycles. The van der Waals surface area contributed by atoms with Crippen LogP contribution in [0.3, 0.4) is 0 Å². The van der Waals surface area contributed by atoms with Gasteiger partial charge in [0.15, 0.2) is 0 Å². The average Bonchev–Trinajstić information content (AvgIpc) is 2.02. The predicted octanol–water partition coefficient (Wildman–Crippen LogP) is 3.07. The summed E-state index contributed by atoms with van der Waals surface area (Å²) in [6.07, 6.45) is 5.15. The molecule has 0 aromatic heterocycles. The van der Waals surface area contributed by atoms with Crippen LogP contribution in [-0.2, 0) is 4.74 Å². The molecule has 74 valence electrons. The Morgan fingerprint density at radius 3 is 2.25 bits per heavy atom. The lowest BCUT2D eigenvalue weighted by atomic mass is 10.3. The summed E-state index contributed by atoms with van der Waals surface area (Å²) >= 11 is 0. The number of hydrogen-bond donors (Lipinski definition) is 0. The van der Waals surface area contributed by atoms with Gasteiger partial charge in [0.2, 0.25) is 0 Å². The summed E-state index contributed by atoms with van der Waals surface area (Å²) in [6, 6.07) is 1.44. The Hall–Kier alpha value is 0.177. The van der Waals surface area contributed by atoms with Crippen LogP contribution >= 0.6 is 0 Å². The van der Waals surface area contributed by atoms with Crippen molar-refractivity contribution in [3.8, 4) is 0 Å². The van der Waals surface area contributed by atoms with Crippen molar-refractivity contribution in [2.24, 2.45) is 0 Å². The molecular weight excluding hydrogens is 164 g/mol. The smallest absolute Gasteiger partial charge is 0.0466 e. The summed E-state index contributed by atoms with van der Waals surface area (Å²) in [6.45, 7) is 9.00. The number of ether oxygens (including phenoxy) is 1. The van der Waals surface area contributed by atoms with E-state index in [9.17, 15) is 0 Å². The van der Waals surface area contributed by atoms with Crippen molar-refractivity contribution >= 4 is 8.80 Å². The molecule has 0 saturated heterocycles. The summed E-state index contributed by atoms with van der Waals surface area (Å²) in [4.78, 5) is 0. The molecule has 0 aromatic rings. The number of rotatable bonds is 8. The third kappa shape index (κ3) is 10.2. The second-order valence-electron chi connectivity index (χ2n) is 3.86. The van der Waals surface area contributed by atoms with Crippen LogP contribution in [0.2, 0.25) is 19.1 Å². The topological polar surface area (TPSA) is 9.23 Å². The maximum Gasteiger partial charge on any atom is 0.0466 e. The highest BCUT2D eigenvalue weighted by atomic mass is 28.3. The van der Waals surface area contributed by atoms with Gasteiger partial charge in [0.1, 0.15) is 0 Å². The van der Waals surface area contributed by atoms with E-state index in [1.807, 2.05) is 0 Å². The zero-order chi connectivity index (χ0) is 9.23. The molecule has 0 N–H and O–H groups in total. The third-order valence-corrected chi connectivity index (χ3v) is 3.53. The average molecular weight is 188 g/mol. The van der Waals surface area contributed by atoms with Crippen molar-refractivity contribution in [2.45, 2.75) is 51.7 Å². The van der Waals surface area contributed by atoms with Gasteiger partial charge in [-0.1, -0.05) is 38.9 Å². The number of hydrogen-bond acceptors (Lipinski definition) is 1. The van der Waals surface area contributed by atoms with Crippen molar-refractivity contribution in [3.05, 3.63) is 0 Å². The highest BCUT2D eigenvalue weighted by molar-refractivity contribution is 6.55. The molecule has 0 spiro atoms. The van der Waals surface area contributed by atoms with Gasteiger partial charge in [-0.3, -0.25) is 0 Å². The van der Waals surface area contributed by atoms with E-state index < -0.39 is 0 Å². The molecule has 0 atom stereocenters. The Morgan fingerprint density at radius 1 is 1.00 bits per heavy atom. The lowest BCUT2D eigenvalue weighted by Gasteiger charge is -2.04. The fourth-order valence-electron chi connectivity index (χ4n) is 1.15. The summed E-state index contributed by atoms with van der Waals surface area (Å²) in [5.41, 5.74) is 0. The first-order valence-corrected chi connectivity index (χ1v) is 8.47. The van der Waals surface area contributed by atoms with E-state index in [-0.39, 0.29) is 8.80 Å². The van der Waals surface area contributed by atoms with E-state index in [0.717, 1.165) is 13.2 Å². The van der Waals surface area contributed by atoms with Gasteiger partial charge in [-0.25, -0.2) is 0 Å². The van der Waals surface area contributed by atoms with Crippen LogP contribution in [0.15, 0.2) is 0 Å². The van der Waals surface area contributed by atoms with Crippen LogP contribution in [0, 0.1) is 0 Å². The second kappa shape index (κ2) is 9.27. The Morgan fingerprint density at radius 2 is 1.67 bits per heavy atom. The molecule has 0 aliphatic rings. The van der Waals surface area contributed by atoms with Gasteiger partial charge in [0, 0.05) is 22.0 Å². The molecular formula is C10H24OSi. The lowest BCUT2D eigenvalue weighted by molar-refractivity contribution is 0.131. The summed E-state index contributed by atoms with van der Waals surface area (Å²) < 4.78 is 5.51. The SMILES string of the molecule is CCCCCOCCC[SiH](C)C. The normalized spacial score (nSPS) is 11.0. The summed E-state index contributed by atoms with van der Waals surface area (Å²) in [7, 11) is -0.315. The van der Waals surface area contributed by atoms with Gasteiger partial charge < -0.3 is 4.74 Å². The lowest BCUT2D eigenvalue weighted by Crippen LogP contribution is -2.03. The van der Waals surface area contributed by atoms with E-state index in [4.69, 9.17) is 4.74 Å². The highest BCUT2D eigenvalue weighted by Crippen LogP contribution is 1.99. The van der Waals surface area contributed by atoms with E-state index in [1.54, 1.807) is 0 Å². The zero-order valence-corrected chi connectivity index (χ0v) is 10.1. The first-order valence-electron chi connectivity index (χ1n) is 5.35. The zero-order valence-electron chi connectivity index (χ0n) is 8.94. The van der Waals surface area contributed by atoms with Crippen LogP contribution in [0.25, 0.3) is 0 Å². The van der Waals surface area contributed by atoms with Crippen molar-refractivity contribution in [1.82, 2.24) is 0 Å². The minimum Gasteiger partial charge on any atom is -0.381 e. The molecule has 0 rings (SSSR count). The van der Waals surface area contributed by atoms with Gasteiger partial charge in [-0.05, 0) is 12.8 Å². The third-order valence-electron chi connectivity index (χ3n) is 1.96. The minimum atomic E-state index is -0.315. The summed E-state index contributed by atoms with van der Waals surface area (Å²) in [5, 5.41) is 0. The Balaban J connectivity index is 2.82. The van der Waals surface area contributed by atoms with E-state index in [2.05, 4.69) is 20.0 Å². The Bertz CT molecular complexity index is 83.9. The molecule has 0 radical (unpaired) electrons. The van der Waals surface area contributed by atoms with Gasteiger partial charge in [0.05, 0.1) is 0 Å². The van der Waals surface area contributed by atoms with Crippen LogP contribution < -0.4 is 0 Å². The standard InChI is InChI=1S/C10H24OSi/c1-4-5-6-8-11-9-7-10-12(2)3/h12H,4-10H2,1-3H3. The van der Waals surface area contributed by atoms with Crippen molar-refractivity contribution in [1.29, 1.82) is 0 Å². The second-order valence-corrected chi connectivity index (χ2v) is 7.22. The molecule has 0 fully saturated rings. The summed E-state index contributed by atoms with van der Waals surface area (Å²) in [5.74, 6) is 0. The van der Waals surface area contributed by atoms with E-state index >= 15 is 0 Å². The highest BCUT2D eigenvalue weighted by Gasteiger charge is 1.94. The van der Waals surface area contributed by atoms with Crippen molar-refractivity contribution in [3.63, 3.8) is 0 Å². The molecule has 1 nitrogen and oxygen atoms in total. The van der Waals surface area contributed by atoms with Crippen molar-refractivity contribution < 1.29 is 4.74 Å². The molecule has 0 aromatic carbocycles. The monoisotopic (exact) mass is 188 g/mol. The molecule has 0 aliphatic heterocycles. The molecule has 0 saturated carbocycles. The van der Waals surface area contributed by atoms with Crippen molar-refractivity contribution in [2.75, 3.05) is 13.2 Å². The molecule has 0 amide bonds. The fourth-order valence-corrected chi connectivity index (χ4v) is 2.13. The van der Waals surface area contributed by atoms with Crippen LogP contribution in [0.5, 0.6) is 0 Å². The minimum absolute atomic E-state index is 0.315. The van der Waals surface area contributed by atoms with Gasteiger partial charge in [0.25, 0.3) is 0 Å². The first-order chi connectivity index (χ1) is 5.77. The van der Waals surface area contributed by atoms with Gasteiger partial charge in [-0.15, -0.1) is 0 Å². The Kier molecular flexibility index (Phi) is 9.40. The molecule has 0 aliphatic carbocycles. The quantitative estimate of drug-likeness (QED) is 0.420.